The molecule has 3 aliphatic rings. The summed E-state index contributed by atoms with van der Waals surface area (Å²) in [6.07, 6.45) is 7.18. The Bertz CT molecular complexity index is 2020. The quantitative estimate of drug-likeness (QED) is 0.0570. The number of methoxy groups -OCH3 is 2. The first-order chi connectivity index (χ1) is 29.7. The Morgan fingerprint density at radius 3 is 2.44 bits per heavy atom. The van der Waals surface area contributed by atoms with E-state index in [2.05, 4.69) is 23.1 Å². The van der Waals surface area contributed by atoms with Gasteiger partial charge < -0.3 is 48.4 Å². The molecular formula is C47H59N3O11. The minimum absolute atomic E-state index is 0.0246. The van der Waals surface area contributed by atoms with Gasteiger partial charge in [0.1, 0.15) is 42.3 Å². The van der Waals surface area contributed by atoms with Crippen LogP contribution >= 0.6 is 0 Å². The second-order valence-electron chi connectivity index (χ2n) is 15.4. The van der Waals surface area contributed by atoms with Gasteiger partial charge in [0.25, 0.3) is 0 Å². The number of carbonyl (C=O) groups excluding carboxylic acids is 2. The number of oxime groups is 1. The molecule has 14 nitrogen and oxygen atoms in total. The summed E-state index contributed by atoms with van der Waals surface area (Å²) in [6.45, 7) is 6.48. The second kappa shape index (κ2) is 21.3. The Labute approximate surface area is 358 Å². The summed E-state index contributed by atoms with van der Waals surface area (Å²) in [5.74, 6) is -0.552. The summed E-state index contributed by atoms with van der Waals surface area (Å²) in [6, 6.07) is 19.0. The molecule has 14 heteroatoms. The van der Waals surface area contributed by atoms with Gasteiger partial charge in [0, 0.05) is 44.2 Å². The predicted octanol–water partition coefficient (Wildman–Crippen LogP) is 8.24. The van der Waals surface area contributed by atoms with E-state index in [1.807, 2.05) is 43.3 Å². The van der Waals surface area contributed by atoms with Crippen molar-refractivity contribution in [3.8, 4) is 23.0 Å². The molecule has 61 heavy (non-hydrogen) atoms. The number of fused-ring (bicyclic) bond motifs is 2. The summed E-state index contributed by atoms with van der Waals surface area (Å²) in [5, 5.41) is 27.2. The number of hydrogen-bond acceptors (Lipinski definition) is 12. The fourth-order valence-corrected chi connectivity index (χ4v) is 9.03. The monoisotopic (exact) mass is 841 g/mol. The Morgan fingerprint density at radius 2 is 1.74 bits per heavy atom. The van der Waals surface area contributed by atoms with E-state index < -0.39 is 29.9 Å². The van der Waals surface area contributed by atoms with Crippen LogP contribution in [-0.2, 0) is 20.9 Å². The molecule has 0 bridgehead atoms. The van der Waals surface area contributed by atoms with Crippen LogP contribution in [0.1, 0.15) is 68.9 Å². The highest BCUT2D eigenvalue weighted by Gasteiger charge is 2.65. The van der Waals surface area contributed by atoms with Crippen molar-refractivity contribution < 1.29 is 53.1 Å². The SMILES string of the molecule is C=CCO[C@@]12Oc3ccc(OC(=O)Nc4ccc(OC)cc4OC)cc3[C@H]3[C@H](CCCCO)[C@@H](CCCCO)C=C(C(=NOCC)C[C@@H]1N(C)C(=O)OCc1ccccc1)[C@H]32. The fourth-order valence-electron chi connectivity index (χ4n) is 9.03. The van der Waals surface area contributed by atoms with E-state index in [1.54, 1.807) is 50.6 Å². The first kappa shape index (κ1) is 45.0. The van der Waals surface area contributed by atoms with Crippen molar-refractivity contribution in [1.29, 1.82) is 0 Å². The van der Waals surface area contributed by atoms with E-state index in [0.717, 1.165) is 42.4 Å². The van der Waals surface area contributed by atoms with Crippen LogP contribution in [0.4, 0.5) is 15.3 Å². The first-order valence-corrected chi connectivity index (χ1v) is 21.1. The Balaban J connectivity index is 1.47. The molecule has 328 valence electrons. The maximum Gasteiger partial charge on any atom is 0.417 e. The normalized spacial score (nSPS) is 23.0. The van der Waals surface area contributed by atoms with E-state index in [-0.39, 0.29) is 56.4 Å². The molecule has 3 aromatic carbocycles. The van der Waals surface area contributed by atoms with Crippen molar-refractivity contribution in [1.82, 2.24) is 4.90 Å². The highest BCUT2D eigenvalue weighted by molar-refractivity contribution is 6.03. The molecular weight excluding hydrogens is 783 g/mol. The number of carbonyl (C=O) groups is 2. The number of likely N-dealkylation sites (N-methyl/N-ethyl adjacent to an activating group) is 1. The van der Waals surface area contributed by atoms with E-state index in [9.17, 15) is 19.8 Å². The van der Waals surface area contributed by atoms with Crippen LogP contribution in [0.25, 0.3) is 0 Å². The van der Waals surface area contributed by atoms with Crippen LogP contribution in [0.2, 0.25) is 0 Å². The Kier molecular flexibility index (Phi) is 15.7. The van der Waals surface area contributed by atoms with Crippen molar-refractivity contribution in [2.45, 2.75) is 76.2 Å². The molecule has 2 aliphatic carbocycles. The molecule has 2 amide bonds. The molecule has 0 spiro atoms. The lowest BCUT2D eigenvalue weighted by Crippen LogP contribution is -2.69. The van der Waals surface area contributed by atoms with Crippen LogP contribution in [0.5, 0.6) is 23.0 Å². The van der Waals surface area contributed by atoms with Gasteiger partial charge in [-0.1, -0.05) is 60.5 Å². The molecule has 0 aromatic heterocycles. The largest absolute Gasteiger partial charge is 0.497 e. The lowest BCUT2D eigenvalue weighted by atomic mass is 9.55. The minimum Gasteiger partial charge on any atom is -0.497 e. The van der Waals surface area contributed by atoms with Crippen molar-refractivity contribution in [2.75, 3.05) is 53.0 Å². The van der Waals surface area contributed by atoms with Gasteiger partial charge in [0.15, 0.2) is 0 Å². The first-order valence-electron chi connectivity index (χ1n) is 21.1. The summed E-state index contributed by atoms with van der Waals surface area (Å²) in [7, 11) is 4.73. The summed E-state index contributed by atoms with van der Waals surface area (Å²) in [4.78, 5) is 34.9. The lowest BCUT2D eigenvalue weighted by molar-refractivity contribution is -0.253. The molecule has 1 saturated carbocycles. The predicted molar refractivity (Wildman–Crippen MR) is 230 cm³/mol. The summed E-state index contributed by atoms with van der Waals surface area (Å²) >= 11 is 0. The van der Waals surface area contributed by atoms with E-state index in [0.29, 0.717) is 48.1 Å². The van der Waals surface area contributed by atoms with Gasteiger partial charge in [-0.15, -0.1) is 6.58 Å². The zero-order valence-corrected chi connectivity index (χ0v) is 35.5. The second-order valence-corrected chi connectivity index (χ2v) is 15.4. The van der Waals surface area contributed by atoms with E-state index in [4.69, 9.17) is 33.3 Å². The zero-order valence-electron chi connectivity index (χ0n) is 35.5. The number of allylic oxidation sites excluding steroid dienone is 1. The number of nitrogens with one attached hydrogen (secondary N) is 1. The average Bonchev–Trinajstić information content (AvgIpc) is 3.28. The van der Waals surface area contributed by atoms with Gasteiger partial charge in [0.05, 0.1) is 38.1 Å². The number of anilines is 1. The number of rotatable bonds is 20. The van der Waals surface area contributed by atoms with Crippen LogP contribution in [0.3, 0.4) is 0 Å². The number of unbranched alkanes of at least 4 members (excludes halogenated alkanes) is 2. The third-order valence-electron chi connectivity index (χ3n) is 11.8. The van der Waals surface area contributed by atoms with Crippen LogP contribution < -0.4 is 24.3 Å². The molecule has 0 unspecified atom stereocenters. The smallest absolute Gasteiger partial charge is 0.417 e. The Hall–Kier alpha value is -5.57. The van der Waals surface area contributed by atoms with E-state index >= 15 is 0 Å². The number of aliphatic hydroxyl groups excluding tert-OH is 2. The minimum atomic E-state index is -1.46. The summed E-state index contributed by atoms with van der Waals surface area (Å²) < 4.78 is 36.7. The maximum absolute atomic E-state index is 14.1. The molecule has 6 atom stereocenters. The summed E-state index contributed by atoms with van der Waals surface area (Å²) in [5.41, 5.74) is 3.59. The maximum atomic E-state index is 14.1. The van der Waals surface area contributed by atoms with Crippen molar-refractivity contribution >= 4 is 23.6 Å². The third kappa shape index (κ3) is 10.1. The number of aliphatic hydroxyl groups is 2. The molecule has 1 heterocycles. The fraction of sp³-hybridized carbons (Fsp3) is 0.468. The zero-order chi connectivity index (χ0) is 43.4. The number of amides is 2. The molecule has 3 N–H and O–H groups in total. The number of nitrogens with zero attached hydrogens (tertiary/aromatic N) is 2. The topological polar surface area (TPSA) is 167 Å². The van der Waals surface area contributed by atoms with Gasteiger partial charge in [-0.3, -0.25) is 5.32 Å². The molecule has 1 fully saturated rings. The molecule has 3 aromatic rings. The lowest BCUT2D eigenvalue weighted by Gasteiger charge is -2.59. The molecule has 6 rings (SSSR count). The highest BCUT2D eigenvalue weighted by atomic mass is 16.7. The third-order valence-corrected chi connectivity index (χ3v) is 11.8. The van der Waals surface area contributed by atoms with Gasteiger partial charge in [0.2, 0.25) is 5.79 Å². The van der Waals surface area contributed by atoms with E-state index in [1.165, 1.54) is 12.0 Å². The van der Waals surface area contributed by atoms with Crippen molar-refractivity contribution in [3.63, 3.8) is 0 Å². The van der Waals surface area contributed by atoms with Gasteiger partial charge in [-0.05, 0) is 85.9 Å². The van der Waals surface area contributed by atoms with Crippen LogP contribution in [-0.4, -0.2) is 92.5 Å². The molecule has 0 radical (unpaired) electrons. The van der Waals surface area contributed by atoms with Crippen LogP contribution in [0, 0.1) is 17.8 Å². The van der Waals surface area contributed by atoms with Crippen molar-refractivity contribution in [3.05, 3.63) is 102 Å². The number of hydrogen-bond donors (Lipinski definition) is 3. The van der Waals surface area contributed by atoms with Gasteiger partial charge in [-0.2, -0.15) is 0 Å². The number of benzene rings is 3. The van der Waals surface area contributed by atoms with Gasteiger partial charge >= 0.3 is 12.2 Å². The number of ether oxygens (including phenoxy) is 6. The molecule has 1 aliphatic heterocycles. The highest BCUT2D eigenvalue weighted by Crippen LogP contribution is 2.62. The average molecular weight is 842 g/mol. The standard InChI is InChI=1S/C47H59N3O11/c1-6-25-58-47-42(50(3)46(54)57-30-31-15-9-8-10-16-31)29-39(49-59-7-2)36-26-32(17-11-13-23-51)35(18-12-14-24-52)43(44(36)47)37-27-34(20-22-40(37)61-47)60-45(53)48-38-21-19-33(55-4)28-41(38)56-5/h6,8-10,15-16,19-22,26-28,32,35,42-44,51-52H,1,7,11-14,17-18,23-25,29-30H2,2-5H3,(H,48,53)/t32-,35+,42-,43+,44+,47+/m0/s1. The van der Waals surface area contributed by atoms with Crippen molar-refractivity contribution in [2.24, 2.45) is 22.9 Å². The Morgan fingerprint density at radius 1 is 0.984 bits per heavy atom. The molecule has 0 saturated heterocycles. The van der Waals surface area contributed by atoms with Crippen LogP contribution in [0.15, 0.2) is 96.2 Å². The van der Waals surface area contributed by atoms with Gasteiger partial charge in [-0.25, -0.2) is 9.59 Å².